The summed E-state index contributed by atoms with van der Waals surface area (Å²) >= 11 is 0. The predicted molar refractivity (Wildman–Crippen MR) is 46.0 cm³/mol. The van der Waals surface area contributed by atoms with Crippen molar-refractivity contribution in [1.82, 2.24) is 29.8 Å². The lowest BCUT2D eigenvalue weighted by Gasteiger charge is -2.02. The number of aryl methyl sites for hydroxylation is 1. The topological polar surface area (TPSA) is 81.7 Å². The highest BCUT2D eigenvalue weighted by molar-refractivity contribution is 4.95. The molecule has 2 rings (SSSR count). The van der Waals surface area contributed by atoms with E-state index in [1.54, 1.807) is 15.6 Å². The predicted octanol–water partition coefficient (Wildman–Crippen LogP) is -1.05. The third-order valence-electron chi connectivity index (χ3n) is 1.96. The molecule has 0 unspecified atom stereocenters. The third-order valence-corrected chi connectivity index (χ3v) is 1.96. The van der Waals surface area contributed by atoms with Crippen molar-refractivity contribution >= 4 is 0 Å². The number of aliphatic hydroxyl groups excluding tert-OH is 1. The zero-order valence-electron chi connectivity index (χ0n) is 7.70. The van der Waals surface area contributed by atoms with Gasteiger partial charge in [-0.05, 0) is 0 Å². The largest absolute Gasteiger partial charge is 0.390 e. The van der Waals surface area contributed by atoms with E-state index in [2.05, 4.69) is 20.5 Å². The van der Waals surface area contributed by atoms with Gasteiger partial charge < -0.3 is 9.67 Å². The molecule has 0 saturated carbocycles. The minimum absolute atomic E-state index is 0.0785. The second-order valence-electron chi connectivity index (χ2n) is 2.90. The molecule has 0 spiro atoms. The number of rotatable bonds is 3. The minimum atomic E-state index is -0.0785. The average Bonchev–Trinajstić information content (AvgIpc) is 2.77. The van der Waals surface area contributed by atoms with E-state index in [-0.39, 0.29) is 6.61 Å². The molecule has 0 fully saturated rings. The Morgan fingerprint density at radius 1 is 1.43 bits per heavy atom. The molecule has 0 aliphatic carbocycles. The van der Waals surface area contributed by atoms with E-state index >= 15 is 0 Å². The van der Waals surface area contributed by atoms with Crippen LogP contribution in [0.25, 0.3) is 0 Å². The number of aliphatic hydroxyl groups is 1. The molecule has 0 aromatic carbocycles. The van der Waals surface area contributed by atoms with Crippen LogP contribution in [0, 0.1) is 0 Å². The number of nitrogens with zero attached hydrogens (tertiary/aromatic N) is 6. The van der Waals surface area contributed by atoms with Gasteiger partial charge in [0.2, 0.25) is 0 Å². The van der Waals surface area contributed by atoms with Crippen LogP contribution in [0.3, 0.4) is 0 Å². The number of aromatic nitrogens is 6. The molecule has 0 radical (unpaired) electrons. The lowest BCUT2D eigenvalue weighted by atomic mass is 10.5. The van der Waals surface area contributed by atoms with Crippen LogP contribution in [0.15, 0.2) is 12.5 Å². The van der Waals surface area contributed by atoms with Crippen molar-refractivity contribution in [3.8, 4) is 0 Å². The van der Waals surface area contributed by atoms with Gasteiger partial charge in [0.15, 0.2) is 5.82 Å². The first kappa shape index (κ1) is 8.82. The number of hydrogen-bond donors (Lipinski definition) is 1. The highest BCUT2D eigenvalue weighted by atomic mass is 16.3. The molecular formula is C7H10N6O. The quantitative estimate of drug-likeness (QED) is 0.674. The zero-order chi connectivity index (χ0) is 9.97. The van der Waals surface area contributed by atoms with Crippen LogP contribution in [0.5, 0.6) is 0 Å². The standard InChI is InChI=1S/C7H10N6O/c1-12-5-9-10-7(12)3-13-6(4-14)2-8-11-13/h2,5,14H,3-4H2,1H3. The molecule has 0 atom stereocenters. The van der Waals surface area contributed by atoms with Crippen molar-refractivity contribution in [1.29, 1.82) is 0 Å². The summed E-state index contributed by atoms with van der Waals surface area (Å²) in [7, 11) is 1.85. The van der Waals surface area contributed by atoms with Gasteiger partial charge in [-0.1, -0.05) is 5.21 Å². The van der Waals surface area contributed by atoms with Gasteiger partial charge >= 0.3 is 0 Å². The van der Waals surface area contributed by atoms with Crippen molar-refractivity contribution < 1.29 is 5.11 Å². The Morgan fingerprint density at radius 2 is 2.29 bits per heavy atom. The summed E-state index contributed by atoms with van der Waals surface area (Å²) in [5.41, 5.74) is 0.660. The van der Waals surface area contributed by atoms with Crippen LogP contribution >= 0.6 is 0 Å². The van der Waals surface area contributed by atoms with E-state index < -0.39 is 0 Å². The summed E-state index contributed by atoms with van der Waals surface area (Å²) in [5.74, 6) is 0.769. The molecule has 74 valence electrons. The van der Waals surface area contributed by atoms with Crippen LogP contribution in [0.4, 0.5) is 0 Å². The second-order valence-corrected chi connectivity index (χ2v) is 2.90. The van der Waals surface area contributed by atoms with Crippen molar-refractivity contribution in [3.05, 3.63) is 24.0 Å². The molecular weight excluding hydrogens is 184 g/mol. The Kier molecular flexibility index (Phi) is 2.23. The van der Waals surface area contributed by atoms with Crippen LogP contribution in [0.2, 0.25) is 0 Å². The van der Waals surface area contributed by atoms with E-state index in [0.717, 1.165) is 5.82 Å². The SMILES string of the molecule is Cn1cnnc1Cn1nncc1CO. The minimum Gasteiger partial charge on any atom is -0.390 e. The molecule has 2 aromatic heterocycles. The fourth-order valence-corrected chi connectivity index (χ4v) is 1.12. The van der Waals surface area contributed by atoms with Crippen molar-refractivity contribution in [3.63, 3.8) is 0 Å². The molecule has 0 aliphatic heterocycles. The molecule has 2 aromatic rings. The van der Waals surface area contributed by atoms with Crippen molar-refractivity contribution in [2.24, 2.45) is 7.05 Å². The monoisotopic (exact) mass is 194 g/mol. The van der Waals surface area contributed by atoms with Crippen LogP contribution in [-0.4, -0.2) is 34.9 Å². The summed E-state index contributed by atoms with van der Waals surface area (Å²) in [6.07, 6.45) is 3.14. The van der Waals surface area contributed by atoms with Crippen LogP contribution in [-0.2, 0) is 20.2 Å². The normalized spacial score (nSPS) is 10.7. The van der Waals surface area contributed by atoms with E-state index in [1.807, 2.05) is 7.05 Å². The first-order valence-electron chi connectivity index (χ1n) is 4.12. The number of hydrogen-bond acceptors (Lipinski definition) is 5. The summed E-state index contributed by atoms with van der Waals surface area (Å²) in [4.78, 5) is 0. The second kappa shape index (κ2) is 3.54. The molecule has 7 nitrogen and oxygen atoms in total. The van der Waals surface area contributed by atoms with Gasteiger partial charge in [-0.25, -0.2) is 4.68 Å². The molecule has 0 saturated heterocycles. The third kappa shape index (κ3) is 1.49. The molecule has 7 heteroatoms. The lowest BCUT2D eigenvalue weighted by molar-refractivity contribution is 0.268. The molecule has 2 heterocycles. The van der Waals surface area contributed by atoms with Crippen LogP contribution in [0.1, 0.15) is 11.5 Å². The average molecular weight is 194 g/mol. The van der Waals surface area contributed by atoms with Crippen LogP contribution < -0.4 is 0 Å². The molecule has 0 aliphatic rings. The summed E-state index contributed by atoms with van der Waals surface area (Å²) in [6, 6.07) is 0. The smallest absolute Gasteiger partial charge is 0.154 e. The summed E-state index contributed by atoms with van der Waals surface area (Å²) in [6.45, 7) is 0.386. The van der Waals surface area contributed by atoms with Gasteiger partial charge in [-0.15, -0.1) is 15.3 Å². The lowest BCUT2D eigenvalue weighted by Crippen LogP contribution is -2.10. The Hall–Kier alpha value is -1.76. The molecule has 0 bridgehead atoms. The Morgan fingerprint density at radius 3 is 2.93 bits per heavy atom. The summed E-state index contributed by atoms with van der Waals surface area (Å²) in [5, 5.41) is 24.1. The summed E-state index contributed by atoms with van der Waals surface area (Å²) < 4.78 is 3.38. The highest BCUT2D eigenvalue weighted by Crippen LogP contribution is 2.00. The van der Waals surface area contributed by atoms with Gasteiger partial charge in [0, 0.05) is 7.05 Å². The Bertz CT molecular complexity index is 419. The van der Waals surface area contributed by atoms with Crippen molar-refractivity contribution in [2.45, 2.75) is 13.2 Å². The van der Waals surface area contributed by atoms with Crippen molar-refractivity contribution in [2.75, 3.05) is 0 Å². The maximum atomic E-state index is 8.96. The highest BCUT2D eigenvalue weighted by Gasteiger charge is 2.06. The first-order valence-corrected chi connectivity index (χ1v) is 4.12. The van der Waals surface area contributed by atoms with Gasteiger partial charge in [-0.2, -0.15) is 0 Å². The van der Waals surface area contributed by atoms with E-state index in [0.29, 0.717) is 12.2 Å². The van der Waals surface area contributed by atoms with E-state index in [1.165, 1.54) is 6.20 Å². The molecule has 1 N–H and O–H groups in total. The van der Waals surface area contributed by atoms with Gasteiger partial charge in [-0.3, -0.25) is 0 Å². The zero-order valence-corrected chi connectivity index (χ0v) is 7.70. The first-order chi connectivity index (χ1) is 6.81. The van der Waals surface area contributed by atoms with E-state index in [9.17, 15) is 0 Å². The maximum Gasteiger partial charge on any atom is 0.154 e. The fourth-order valence-electron chi connectivity index (χ4n) is 1.12. The van der Waals surface area contributed by atoms with E-state index in [4.69, 9.17) is 5.11 Å². The van der Waals surface area contributed by atoms with Gasteiger partial charge in [0.05, 0.1) is 18.5 Å². The van der Waals surface area contributed by atoms with Gasteiger partial charge in [0.25, 0.3) is 0 Å². The molecule has 14 heavy (non-hydrogen) atoms. The Balaban J connectivity index is 2.22. The van der Waals surface area contributed by atoms with Gasteiger partial charge in [0.1, 0.15) is 12.9 Å². The maximum absolute atomic E-state index is 8.96. The fraction of sp³-hybridized carbons (Fsp3) is 0.429. The Labute approximate surface area is 80.0 Å². The molecule has 0 amide bonds.